The van der Waals surface area contributed by atoms with Crippen LogP contribution >= 0.6 is 11.3 Å². The lowest BCUT2D eigenvalue weighted by Crippen LogP contribution is -2.37. The first-order chi connectivity index (χ1) is 6.65. The fourth-order valence-corrected chi connectivity index (χ4v) is 2.42. The van der Waals surface area contributed by atoms with E-state index in [2.05, 4.69) is 9.88 Å². The zero-order valence-electron chi connectivity index (χ0n) is 8.18. The standard InChI is InChI=1S/C9H15N3OS/c1-12(5-6-2-7(13)3-6)9-11-4-8(10)14-9/h4,6-7,13H,2-3,5,10H2,1H3. The van der Waals surface area contributed by atoms with Crippen LogP contribution in [0.1, 0.15) is 12.8 Å². The smallest absolute Gasteiger partial charge is 0.186 e. The molecule has 1 heterocycles. The molecule has 0 unspecified atom stereocenters. The number of nitrogen functional groups attached to an aromatic ring is 1. The molecule has 3 N–H and O–H groups in total. The molecule has 2 rings (SSSR count). The number of aromatic nitrogens is 1. The first-order valence-electron chi connectivity index (χ1n) is 4.75. The van der Waals surface area contributed by atoms with E-state index in [1.54, 1.807) is 6.20 Å². The summed E-state index contributed by atoms with van der Waals surface area (Å²) in [5.74, 6) is 0.611. The molecule has 0 atom stereocenters. The molecule has 5 heteroatoms. The first-order valence-corrected chi connectivity index (χ1v) is 5.57. The Hall–Kier alpha value is -0.810. The van der Waals surface area contributed by atoms with Gasteiger partial charge in [0.15, 0.2) is 5.13 Å². The van der Waals surface area contributed by atoms with Crippen molar-refractivity contribution >= 4 is 21.5 Å². The molecule has 1 aromatic heterocycles. The van der Waals surface area contributed by atoms with E-state index >= 15 is 0 Å². The third-order valence-electron chi connectivity index (χ3n) is 2.58. The largest absolute Gasteiger partial charge is 0.393 e. The topological polar surface area (TPSA) is 62.4 Å². The van der Waals surface area contributed by atoms with Gasteiger partial charge in [-0.1, -0.05) is 11.3 Å². The van der Waals surface area contributed by atoms with Crippen LogP contribution in [0.15, 0.2) is 6.20 Å². The molecule has 0 aromatic carbocycles. The number of hydrogen-bond donors (Lipinski definition) is 2. The maximum Gasteiger partial charge on any atom is 0.186 e. The van der Waals surface area contributed by atoms with Gasteiger partial charge in [0.2, 0.25) is 0 Å². The molecule has 1 aliphatic carbocycles. The van der Waals surface area contributed by atoms with Gasteiger partial charge in [0.25, 0.3) is 0 Å². The molecular formula is C9H15N3OS. The highest BCUT2D eigenvalue weighted by Crippen LogP contribution is 2.30. The predicted octanol–water partition coefficient (Wildman–Crippen LogP) is 0.932. The summed E-state index contributed by atoms with van der Waals surface area (Å²) in [6, 6.07) is 0. The van der Waals surface area contributed by atoms with Gasteiger partial charge in [-0.05, 0) is 18.8 Å². The van der Waals surface area contributed by atoms with E-state index in [0.717, 1.165) is 29.5 Å². The number of aliphatic hydroxyl groups is 1. The molecule has 0 amide bonds. The molecule has 0 bridgehead atoms. The third kappa shape index (κ3) is 1.99. The number of nitrogens with zero attached hydrogens (tertiary/aromatic N) is 2. The van der Waals surface area contributed by atoms with Gasteiger partial charge in [-0.15, -0.1) is 0 Å². The lowest BCUT2D eigenvalue weighted by molar-refractivity contribution is 0.0465. The molecular weight excluding hydrogens is 198 g/mol. The van der Waals surface area contributed by atoms with Crippen molar-refractivity contribution in [3.8, 4) is 0 Å². The highest BCUT2D eigenvalue weighted by molar-refractivity contribution is 7.19. The van der Waals surface area contributed by atoms with Gasteiger partial charge in [0, 0.05) is 13.6 Å². The Morgan fingerprint density at radius 1 is 1.71 bits per heavy atom. The number of nitrogens with two attached hydrogens (primary N) is 1. The normalized spacial score (nSPS) is 25.9. The summed E-state index contributed by atoms with van der Waals surface area (Å²) >= 11 is 1.50. The van der Waals surface area contributed by atoms with Crippen molar-refractivity contribution in [1.29, 1.82) is 0 Å². The summed E-state index contributed by atoms with van der Waals surface area (Å²) < 4.78 is 0. The minimum absolute atomic E-state index is 0.0743. The second-order valence-corrected chi connectivity index (χ2v) is 4.96. The summed E-state index contributed by atoms with van der Waals surface area (Å²) in [6.45, 7) is 0.962. The predicted molar refractivity (Wildman–Crippen MR) is 58.5 cm³/mol. The lowest BCUT2D eigenvalue weighted by atomic mass is 9.82. The molecule has 14 heavy (non-hydrogen) atoms. The van der Waals surface area contributed by atoms with E-state index in [9.17, 15) is 0 Å². The highest BCUT2D eigenvalue weighted by Gasteiger charge is 2.28. The van der Waals surface area contributed by atoms with Crippen molar-refractivity contribution in [3.05, 3.63) is 6.20 Å². The van der Waals surface area contributed by atoms with Crippen molar-refractivity contribution < 1.29 is 5.11 Å². The summed E-state index contributed by atoms with van der Waals surface area (Å²) in [5.41, 5.74) is 5.61. The Morgan fingerprint density at radius 3 is 2.93 bits per heavy atom. The maximum absolute atomic E-state index is 9.15. The van der Waals surface area contributed by atoms with Crippen LogP contribution in [0.2, 0.25) is 0 Å². The van der Waals surface area contributed by atoms with E-state index in [1.807, 2.05) is 7.05 Å². The second-order valence-electron chi connectivity index (χ2n) is 3.92. The van der Waals surface area contributed by atoms with Crippen molar-refractivity contribution in [2.75, 3.05) is 24.2 Å². The van der Waals surface area contributed by atoms with E-state index in [-0.39, 0.29) is 6.10 Å². The summed E-state index contributed by atoms with van der Waals surface area (Å²) in [5, 5.41) is 10.9. The summed E-state index contributed by atoms with van der Waals surface area (Å²) in [7, 11) is 2.02. The van der Waals surface area contributed by atoms with Crippen molar-refractivity contribution in [3.63, 3.8) is 0 Å². The Balaban J connectivity index is 1.86. The average molecular weight is 213 g/mol. The Bertz CT molecular complexity index is 309. The number of rotatable bonds is 3. The zero-order chi connectivity index (χ0) is 10.1. The molecule has 0 aliphatic heterocycles. The Labute approximate surface area is 87.4 Å². The van der Waals surface area contributed by atoms with Gasteiger partial charge >= 0.3 is 0 Å². The van der Waals surface area contributed by atoms with Gasteiger partial charge in [0.05, 0.1) is 12.3 Å². The molecule has 1 saturated carbocycles. The van der Waals surface area contributed by atoms with Crippen LogP contribution in [0.3, 0.4) is 0 Å². The van der Waals surface area contributed by atoms with Gasteiger partial charge in [-0.2, -0.15) is 0 Å². The zero-order valence-corrected chi connectivity index (χ0v) is 9.00. The molecule has 0 spiro atoms. The van der Waals surface area contributed by atoms with E-state index in [0.29, 0.717) is 5.92 Å². The van der Waals surface area contributed by atoms with Crippen LogP contribution in [-0.4, -0.2) is 29.8 Å². The summed E-state index contributed by atoms with van der Waals surface area (Å²) in [4.78, 5) is 6.31. The molecule has 4 nitrogen and oxygen atoms in total. The number of anilines is 2. The number of thiazole rings is 1. The molecule has 1 aliphatic rings. The van der Waals surface area contributed by atoms with Gasteiger partial charge in [-0.3, -0.25) is 0 Å². The van der Waals surface area contributed by atoms with E-state index < -0.39 is 0 Å². The van der Waals surface area contributed by atoms with E-state index in [4.69, 9.17) is 10.8 Å². The molecule has 0 saturated heterocycles. The van der Waals surface area contributed by atoms with Crippen molar-refractivity contribution in [1.82, 2.24) is 4.98 Å². The number of hydrogen-bond acceptors (Lipinski definition) is 5. The quantitative estimate of drug-likeness (QED) is 0.784. The average Bonchev–Trinajstić information content (AvgIpc) is 2.49. The van der Waals surface area contributed by atoms with Gasteiger partial charge < -0.3 is 15.7 Å². The van der Waals surface area contributed by atoms with Crippen molar-refractivity contribution in [2.24, 2.45) is 5.92 Å². The highest BCUT2D eigenvalue weighted by atomic mass is 32.1. The third-order valence-corrected chi connectivity index (χ3v) is 3.52. The minimum atomic E-state index is -0.0743. The van der Waals surface area contributed by atoms with Gasteiger partial charge in [0.1, 0.15) is 5.00 Å². The second kappa shape index (κ2) is 3.74. The lowest BCUT2D eigenvalue weighted by Gasteiger charge is -2.34. The van der Waals surface area contributed by atoms with Crippen LogP contribution in [0.5, 0.6) is 0 Å². The van der Waals surface area contributed by atoms with Crippen LogP contribution in [0, 0.1) is 5.92 Å². The fourth-order valence-electron chi connectivity index (χ4n) is 1.77. The fraction of sp³-hybridized carbons (Fsp3) is 0.667. The van der Waals surface area contributed by atoms with E-state index in [1.165, 1.54) is 11.3 Å². The van der Waals surface area contributed by atoms with Gasteiger partial charge in [-0.25, -0.2) is 4.98 Å². The molecule has 0 radical (unpaired) electrons. The van der Waals surface area contributed by atoms with Crippen LogP contribution in [0.25, 0.3) is 0 Å². The van der Waals surface area contributed by atoms with Crippen molar-refractivity contribution in [2.45, 2.75) is 18.9 Å². The van der Waals surface area contributed by atoms with Crippen LogP contribution < -0.4 is 10.6 Å². The van der Waals surface area contributed by atoms with Crippen LogP contribution in [0.4, 0.5) is 10.1 Å². The summed E-state index contributed by atoms with van der Waals surface area (Å²) in [6.07, 6.45) is 3.46. The number of aliphatic hydroxyl groups excluding tert-OH is 1. The van der Waals surface area contributed by atoms with Crippen LogP contribution in [-0.2, 0) is 0 Å². The monoisotopic (exact) mass is 213 g/mol. The maximum atomic E-state index is 9.15. The SMILES string of the molecule is CN(CC1CC(O)C1)c1ncc(N)s1. The molecule has 78 valence electrons. The Morgan fingerprint density at radius 2 is 2.43 bits per heavy atom. The molecule has 1 fully saturated rings. The first kappa shape index (κ1) is 9.73. The minimum Gasteiger partial charge on any atom is -0.393 e. The molecule has 1 aromatic rings. The Kier molecular flexibility index (Phi) is 2.60.